The Morgan fingerprint density at radius 3 is 2.36 bits per heavy atom. The minimum Gasteiger partial charge on any atom is -0.481 e. The van der Waals surface area contributed by atoms with E-state index >= 15 is 0 Å². The number of hydrogen-bond donors (Lipinski definition) is 3. The Kier molecular flexibility index (Phi) is 5.36. The van der Waals surface area contributed by atoms with Crippen molar-refractivity contribution in [1.82, 2.24) is 0 Å². The summed E-state index contributed by atoms with van der Waals surface area (Å²) in [6.07, 6.45) is 9.16. The summed E-state index contributed by atoms with van der Waals surface area (Å²) in [5, 5.41) is 30.4. The molecule has 160 valence electrons. The second-order valence-electron chi connectivity index (χ2n) is 11.4. The van der Waals surface area contributed by atoms with Crippen LogP contribution in [0.5, 0.6) is 0 Å². The lowest BCUT2D eigenvalue weighted by atomic mass is 9.44. The molecule has 0 radical (unpaired) electrons. The maximum absolute atomic E-state index is 11.1. The quantitative estimate of drug-likeness (QED) is 0.659. The van der Waals surface area contributed by atoms with Crippen LogP contribution in [-0.2, 0) is 4.79 Å². The van der Waals surface area contributed by atoms with Crippen LogP contribution in [0.2, 0.25) is 0 Å². The summed E-state index contributed by atoms with van der Waals surface area (Å²) in [4.78, 5) is 11.1. The zero-order valence-electron chi connectivity index (χ0n) is 17.9. The van der Waals surface area contributed by atoms with Crippen LogP contribution in [0.25, 0.3) is 0 Å². The molecule has 3 N–H and O–H groups in total. The molecule has 0 amide bonds. The fraction of sp³-hybridized carbons (Fsp3) is 0.958. The lowest BCUT2D eigenvalue weighted by Crippen LogP contribution is -2.58. The molecule has 4 fully saturated rings. The number of carboxylic acid groups (broad SMARTS) is 1. The van der Waals surface area contributed by atoms with Gasteiger partial charge in [0.1, 0.15) is 0 Å². The molecule has 0 bridgehead atoms. The van der Waals surface area contributed by atoms with Gasteiger partial charge in [0, 0.05) is 6.42 Å². The fourth-order valence-electron chi connectivity index (χ4n) is 8.81. The summed E-state index contributed by atoms with van der Waals surface area (Å²) < 4.78 is 0. The zero-order chi connectivity index (χ0) is 20.3. The third-order valence-electron chi connectivity index (χ3n) is 10.2. The zero-order valence-corrected chi connectivity index (χ0v) is 17.9. The molecule has 4 aliphatic carbocycles. The van der Waals surface area contributed by atoms with Gasteiger partial charge in [-0.25, -0.2) is 0 Å². The van der Waals surface area contributed by atoms with E-state index in [0.29, 0.717) is 35.0 Å². The third-order valence-corrected chi connectivity index (χ3v) is 10.2. The van der Waals surface area contributed by atoms with Crippen LogP contribution in [0.1, 0.15) is 85.0 Å². The molecule has 4 aliphatic rings. The van der Waals surface area contributed by atoms with E-state index in [1.54, 1.807) is 0 Å². The van der Waals surface area contributed by atoms with Crippen molar-refractivity contribution in [1.29, 1.82) is 0 Å². The maximum Gasteiger partial charge on any atom is 0.303 e. The molecule has 4 saturated carbocycles. The number of carbonyl (C=O) groups is 1. The van der Waals surface area contributed by atoms with E-state index < -0.39 is 5.97 Å². The highest BCUT2D eigenvalue weighted by molar-refractivity contribution is 5.66. The van der Waals surface area contributed by atoms with Gasteiger partial charge in [-0.3, -0.25) is 4.79 Å². The Morgan fingerprint density at radius 2 is 1.64 bits per heavy atom. The Labute approximate surface area is 170 Å². The summed E-state index contributed by atoms with van der Waals surface area (Å²) in [6, 6.07) is 0. The SMILES string of the molecule is C[C@H](CCC(=O)O)[C@H]1CC[C@H]2[C@@H]3C[C@H](O)[C@@H]4CC(O)CC[C@]4(C)[C@H]3CC[C@]12C. The van der Waals surface area contributed by atoms with Crippen molar-refractivity contribution in [2.75, 3.05) is 0 Å². The number of aliphatic carboxylic acids is 1. The second-order valence-corrected chi connectivity index (χ2v) is 11.4. The van der Waals surface area contributed by atoms with Crippen LogP contribution < -0.4 is 0 Å². The largest absolute Gasteiger partial charge is 0.481 e. The molecule has 1 unspecified atom stereocenters. The summed E-state index contributed by atoms with van der Waals surface area (Å²) in [5.74, 6) is 2.61. The highest BCUT2D eigenvalue weighted by Gasteiger charge is 2.62. The number of rotatable bonds is 4. The molecule has 4 rings (SSSR count). The number of aliphatic hydroxyl groups is 2. The number of aliphatic hydroxyl groups excluding tert-OH is 2. The fourth-order valence-corrected chi connectivity index (χ4v) is 8.81. The smallest absolute Gasteiger partial charge is 0.303 e. The maximum atomic E-state index is 11.1. The number of fused-ring (bicyclic) bond motifs is 5. The Bertz CT molecular complexity index is 605. The first-order valence-corrected chi connectivity index (χ1v) is 11.7. The molecule has 4 nitrogen and oxygen atoms in total. The van der Waals surface area contributed by atoms with Crippen molar-refractivity contribution in [2.24, 2.45) is 46.3 Å². The minimum atomic E-state index is -0.677. The van der Waals surface area contributed by atoms with Crippen molar-refractivity contribution in [3.63, 3.8) is 0 Å². The molecule has 0 aliphatic heterocycles. The van der Waals surface area contributed by atoms with E-state index in [9.17, 15) is 15.0 Å². The second kappa shape index (κ2) is 7.27. The molecule has 10 atom stereocenters. The van der Waals surface area contributed by atoms with E-state index in [4.69, 9.17) is 5.11 Å². The van der Waals surface area contributed by atoms with Crippen molar-refractivity contribution in [3.05, 3.63) is 0 Å². The molecule has 0 heterocycles. The Morgan fingerprint density at radius 1 is 0.964 bits per heavy atom. The Balaban J connectivity index is 1.55. The van der Waals surface area contributed by atoms with Crippen molar-refractivity contribution < 1.29 is 20.1 Å². The topological polar surface area (TPSA) is 77.8 Å². The number of carboxylic acids is 1. The van der Waals surface area contributed by atoms with E-state index in [-0.39, 0.29) is 30.0 Å². The van der Waals surface area contributed by atoms with Gasteiger partial charge in [0.05, 0.1) is 12.2 Å². The molecule has 28 heavy (non-hydrogen) atoms. The summed E-state index contributed by atoms with van der Waals surface area (Å²) in [7, 11) is 0. The summed E-state index contributed by atoms with van der Waals surface area (Å²) in [5.41, 5.74) is 0.478. The highest BCUT2D eigenvalue weighted by Crippen LogP contribution is 2.68. The molecule has 0 saturated heterocycles. The van der Waals surface area contributed by atoms with Crippen LogP contribution in [0.15, 0.2) is 0 Å². The van der Waals surface area contributed by atoms with Crippen molar-refractivity contribution in [3.8, 4) is 0 Å². The molecule has 0 aromatic carbocycles. The van der Waals surface area contributed by atoms with Crippen LogP contribution in [0.4, 0.5) is 0 Å². The first-order chi connectivity index (χ1) is 13.2. The van der Waals surface area contributed by atoms with Gasteiger partial charge >= 0.3 is 5.97 Å². The van der Waals surface area contributed by atoms with Crippen molar-refractivity contribution >= 4 is 5.97 Å². The molecule has 0 aromatic rings. The monoisotopic (exact) mass is 392 g/mol. The van der Waals surface area contributed by atoms with Gasteiger partial charge in [-0.05, 0) is 104 Å². The average Bonchev–Trinajstić information content (AvgIpc) is 2.99. The van der Waals surface area contributed by atoms with Crippen molar-refractivity contribution in [2.45, 2.75) is 97.2 Å². The lowest BCUT2D eigenvalue weighted by molar-refractivity contribution is -0.172. The predicted molar refractivity (Wildman–Crippen MR) is 109 cm³/mol. The van der Waals surface area contributed by atoms with Gasteiger partial charge in [-0.1, -0.05) is 20.8 Å². The average molecular weight is 393 g/mol. The van der Waals surface area contributed by atoms with Gasteiger partial charge in [0.2, 0.25) is 0 Å². The van der Waals surface area contributed by atoms with Crippen LogP contribution in [-0.4, -0.2) is 33.5 Å². The molecule has 4 heteroatoms. The van der Waals surface area contributed by atoms with Gasteiger partial charge in [0.15, 0.2) is 0 Å². The highest BCUT2D eigenvalue weighted by atomic mass is 16.4. The van der Waals surface area contributed by atoms with E-state index in [0.717, 1.165) is 32.1 Å². The van der Waals surface area contributed by atoms with Crippen LogP contribution >= 0.6 is 0 Å². The summed E-state index contributed by atoms with van der Waals surface area (Å²) >= 11 is 0. The van der Waals surface area contributed by atoms with Gasteiger partial charge in [0.25, 0.3) is 0 Å². The Hall–Kier alpha value is -0.610. The van der Waals surface area contributed by atoms with Gasteiger partial charge in [-0.2, -0.15) is 0 Å². The first kappa shape index (κ1) is 20.7. The molecular formula is C24H40O4. The standard InChI is InChI=1S/C24H40O4/c1-14(4-7-22(27)28)17-5-6-18-16-13-21(26)20-12-15(25)8-10-24(20,3)19(16)9-11-23(17,18)2/h14-21,25-26H,4-13H2,1-3H3,(H,27,28)/t14-,15?,16+,17-,18+,19+,20+,21+,23-,24-/m1/s1. The normalized spacial score (nSPS) is 51.7. The number of hydrogen-bond acceptors (Lipinski definition) is 3. The van der Waals surface area contributed by atoms with Crippen LogP contribution in [0, 0.1) is 46.3 Å². The summed E-state index contributed by atoms with van der Waals surface area (Å²) in [6.45, 7) is 7.16. The predicted octanol–water partition coefficient (Wildman–Crippen LogP) is 4.48. The van der Waals surface area contributed by atoms with Crippen LogP contribution in [0.3, 0.4) is 0 Å². The van der Waals surface area contributed by atoms with Gasteiger partial charge in [-0.15, -0.1) is 0 Å². The van der Waals surface area contributed by atoms with E-state index in [1.807, 2.05) is 0 Å². The lowest BCUT2D eigenvalue weighted by Gasteiger charge is -2.62. The third kappa shape index (κ3) is 3.14. The first-order valence-electron chi connectivity index (χ1n) is 11.7. The molecular weight excluding hydrogens is 352 g/mol. The minimum absolute atomic E-state index is 0.176. The van der Waals surface area contributed by atoms with Gasteiger partial charge < -0.3 is 15.3 Å². The van der Waals surface area contributed by atoms with E-state index in [2.05, 4.69) is 20.8 Å². The van der Waals surface area contributed by atoms with E-state index in [1.165, 1.54) is 25.7 Å². The molecule has 0 spiro atoms. The molecule has 0 aromatic heterocycles.